The molecule has 0 aliphatic carbocycles. The first kappa shape index (κ1) is 17.6. The second-order valence-electron chi connectivity index (χ2n) is 6.93. The van der Waals surface area contributed by atoms with Crippen molar-refractivity contribution in [1.29, 1.82) is 0 Å². The number of anilines is 2. The third-order valence-corrected chi connectivity index (χ3v) is 4.62. The van der Waals surface area contributed by atoms with Crippen LogP contribution in [0.1, 0.15) is 25.8 Å². The van der Waals surface area contributed by atoms with E-state index in [2.05, 4.69) is 45.4 Å². The number of nitrogens with zero attached hydrogens (tertiary/aromatic N) is 3. The highest BCUT2D eigenvalue weighted by Gasteiger charge is 2.22. The monoisotopic (exact) mass is 355 g/mol. The molecule has 1 fully saturated rings. The molecule has 2 aromatic heterocycles. The fraction of sp³-hybridized carbons (Fsp3) is 0.421. The molecule has 132 valence electrons. The van der Waals surface area contributed by atoms with E-state index in [1.807, 2.05) is 30.6 Å². The summed E-state index contributed by atoms with van der Waals surface area (Å²) in [7, 11) is 0. The predicted molar refractivity (Wildman–Crippen MR) is 107 cm³/mol. The molecule has 5 nitrogen and oxygen atoms in total. The van der Waals surface area contributed by atoms with E-state index in [0.29, 0.717) is 23.5 Å². The van der Waals surface area contributed by atoms with Gasteiger partial charge in [0.2, 0.25) is 0 Å². The number of aromatic nitrogens is 2. The van der Waals surface area contributed by atoms with Crippen molar-refractivity contribution in [2.45, 2.75) is 26.8 Å². The molecular formula is C19H25N5S. The molecule has 6 heteroatoms. The fourth-order valence-corrected chi connectivity index (χ4v) is 3.55. The van der Waals surface area contributed by atoms with Gasteiger partial charge in [0, 0.05) is 32.0 Å². The number of rotatable bonds is 4. The van der Waals surface area contributed by atoms with Gasteiger partial charge in [0.1, 0.15) is 5.82 Å². The highest BCUT2D eigenvalue weighted by molar-refractivity contribution is 7.80. The summed E-state index contributed by atoms with van der Waals surface area (Å²) >= 11 is 5.34. The average Bonchev–Trinajstić information content (AvgIpc) is 2.61. The molecule has 1 saturated heterocycles. The molecular weight excluding hydrogens is 330 g/mol. The van der Waals surface area contributed by atoms with Crippen molar-refractivity contribution in [2.24, 2.45) is 11.8 Å². The molecule has 3 rings (SSSR count). The van der Waals surface area contributed by atoms with Crippen LogP contribution in [0, 0.1) is 11.8 Å². The molecule has 2 unspecified atom stereocenters. The molecule has 2 atom stereocenters. The maximum absolute atomic E-state index is 5.34. The summed E-state index contributed by atoms with van der Waals surface area (Å²) in [5.74, 6) is 2.47. The quantitative estimate of drug-likeness (QED) is 0.820. The summed E-state index contributed by atoms with van der Waals surface area (Å²) in [6.07, 6.45) is 6.73. The molecule has 1 aliphatic rings. The van der Waals surface area contributed by atoms with E-state index < -0.39 is 0 Å². The Morgan fingerprint density at radius 2 is 2.00 bits per heavy atom. The van der Waals surface area contributed by atoms with Crippen LogP contribution in [0.5, 0.6) is 0 Å². The topological polar surface area (TPSA) is 53.1 Å². The molecule has 0 saturated carbocycles. The maximum Gasteiger partial charge on any atom is 0.171 e. The lowest BCUT2D eigenvalue weighted by Gasteiger charge is -2.35. The van der Waals surface area contributed by atoms with Crippen molar-refractivity contribution in [3.63, 3.8) is 0 Å². The molecule has 3 heterocycles. The molecule has 25 heavy (non-hydrogen) atoms. The Morgan fingerprint density at radius 1 is 1.20 bits per heavy atom. The number of nitrogens with one attached hydrogen (secondary N) is 2. The Hall–Kier alpha value is -2.21. The van der Waals surface area contributed by atoms with Crippen molar-refractivity contribution in [2.75, 3.05) is 23.3 Å². The van der Waals surface area contributed by atoms with E-state index in [1.54, 1.807) is 6.20 Å². The fourth-order valence-electron chi connectivity index (χ4n) is 3.36. The maximum atomic E-state index is 5.34. The first-order valence-electron chi connectivity index (χ1n) is 8.75. The zero-order chi connectivity index (χ0) is 17.6. The van der Waals surface area contributed by atoms with Crippen LogP contribution in [0.25, 0.3) is 0 Å². The Balaban J connectivity index is 1.52. The number of thiocarbonyl (C=S) groups is 1. The first-order valence-corrected chi connectivity index (χ1v) is 9.15. The van der Waals surface area contributed by atoms with E-state index in [9.17, 15) is 0 Å². The molecule has 0 amide bonds. The lowest BCUT2D eigenvalue weighted by atomic mass is 9.92. The van der Waals surface area contributed by atoms with Crippen LogP contribution < -0.4 is 15.5 Å². The predicted octanol–water partition coefficient (Wildman–Crippen LogP) is 3.45. The third-order valence-electron chi connectivity index (χ3n) is 4.37. The van der Waals surface area contributed by atoms with Crippen molar-refractivity contribution in [1.82, 2.24) is 15.3 Å². The summed E-state index contributed by atoms with van der Waals surface area (Å²) in [5, 5.41) is 6.94. The Labute approximate surface area is 154 Å². The smallest absolute Gasteiger partial charge is 0.171 e. The van der Waals surface area contributed by atoms with Gasteiger partial charge in [-0.15, -0.1) is 0 Å². The highest BCUT2D eigenvalue weighted by atomic mass is 32.1. The molecule has 0 bridgehead atoms. The second-order valence-corrected chi connectivity index (χ2v) is 7.33. The number of hydrogen-bond donors (Lipinski definition) is 2. The van der Waals surface area contributed by atoms with Crippen LogP contribution in [0.2, 0.25) is 0 Å². The van der Waals surface area contributed by atoms with E-state index in [-0.39, 0.29) is 0 Å². The van der Waals surface area contributed by atoms with E-state index in [0.717, 1.165) is 30.2 Å². The van der Waals surface area contributed by atoms with Gasteiger partial charge in [-0.2, -0.15) is 0 Å². The number of piperidine rings is 1. The summed E-state index contributed by atoms with van der Waals surface area (Å²) in [4.78, 5) is 11.1. The molecule has 1 aliphatic heterocycles. The van der Waals surface area contributed by atoms with Gasteiger partial charge in [0.05, 0.1) is 11.9 Å². The molecule has 0 aromatic carbocycles. The van der Waals surface area contributed by atoms with Crippen LogP contribution in [0.4, 0.5) is 11.5 Å². The third kappa shape index (κ3) is 5.13. The SMILES string of the molecule is CC1CC(C)CN(c2ccc(NC(=S)NCc3cccnc3)cn2)C1. The van der Waals surface area contributed by atoms with Gasteiger partial charge in [0.25, 0.3) is 0 Å². The van der Waals surface area contributed by atoms with Crippen molar-refractivity contribution in [3.05, 3.63) is 48.4 Å². The Kier molecular flexibility index (Phi) is 5.81. The molecule has 0 radical (unpaired) electrons. The molecule has 2 N–H and O–H groups in total. The number of pyridine rings is 2. The van der Waals surface area contributed by atoms with E-state index >= 15 is 0 Å². The van der Waals surface area contributed by atoms with Crippen LogP contribution >= 0.6 is 12.2 Å². The standard InChI is InChI=1S/C19H25N5S/c1-14-8-15(2)13-24(12-14)18-6-5-17(11-21-18)23-19(25)22-10-16-4-3-7-20-9-16/h3-7,9,11,14-15H,8,10,12-13H2,1-2H3,(H2,22,23,25). The van der Waals surface area contributed by atoms with Crippen LogP contribution in [0.15, 0.2) is 42.9 Å². The lowest BCUT2D eigenvalue weighted by Crippen LogP contribution is -2.39. The zero-order valence-corrected chi connectivity index (χ0v) is 15.6. The molecule has 2 aromatic rings. The minimum atomic E-state index is 0.582. The van der Waals surface area contributed by atoms with Gasteiger partial charge in [0.15, 0.2) is 5.11 Å². The minimum Gasteiger partial charge on any atom is -0.358 e. The van der Waals surface area contributed by atoms with Gasteiger partial charge in [-0.05, 0) is 54.2 Å². The van der Waals surface area contributed by atoms with Gasteiger partial charge >= 0.3 is 0 Å². The minimum absolute atomic E-state index is 0.582. The summed E-state index contributed by atoms with van der Waals surface area (Å²) in [6.45, 7) is 7.43. The largest absolute Gasteiger partial charge is 0.358 e. The summed E-state index contributed by atoms with van der Waals surface area (Å²) < 4.78 is 0. The van der Waals surface area contributed by atoms with Gasteiger partial charge in [-0.3, -0.25) is 4.98 Å². The molecule has 0 spiro atoms. The lowest BCUT2D eigenvalue weighted by molar-refractivity contribution is 0.355. The van der Waals surface area contributed by atoms with E-state index in [4.69, 9.17) is 12.2 Å². The summed E-state index contributed by atoms with van der Waals surface area (Å²) in [6, 6.07) is 8.03. The zero-order valence-electron chi connectivity index (χ0n) is 14.8. The second kappa shape index (κ2) is 8.25. The first-order chi connectivity index (χ1) is 12.1. The van der Waals surface area contributed by atoms with Crippen LogP contribution in [0.3, 0.4) is 0 Å². The highest BCUT2D eigenvalue weighted by Crippen LogP contribution is 2.25. The van der Waals surface area contributed by atoms with Crippen molar-refractivity contribution < 1.29 is 0 Å². The van der Waals surface area contributed by atoms with Crippen LogP contribution in [-0.2, 0) is 6.54 Å². The van der Waals surface area contributed by atoms with Gasteiger partial charge < -0.3 is 15.5 Å². The summed E-state index contributed by atoms with van der Waals surface area (Å²) in [5.41, 5.74) is 1.99. The Bertz CT molecular complexity index is 679. The van der Waals surface area contributed by atoms with Crippen molar-refractivity contribution in [3.8, 4) is 0 Å². The van der Waals surface area contributed by atoms with Crippen molar-refractivity contribution >= 4 is 28.8 Å². The number of hydrogen-bond acceptors (Lipinski definition) is 4. The average molecular weight is 356 g/mol. The normalized spacial score (nSPS) is 20.2. The van der Waals surface area contributed by atoms with Gasteiger partial charge in [-0.1, -0.05) is 19.9 Å². The van der Waals surface area contributed by atoms with Crippen LogP contribution in [-0.4, -0.2) is 28.2 Å². The van der Waals surface area contributed by atoms with E-state index in [1.165, 1.54) is 6.42 Å². The van der Waals surface area contributed by atoms with Gasteiger partial charge in [-0.25, -0.2) is 4.98 Å². The Morgan fingerprint density at radius 3 is 2.64 bits per heavy atom.